The number of morpholine rings is 2. The molecule has 0 bridgehead atoms. The van der Waals surface area contributed by atoms with Crippen molar-refractivity contribution in [2.75, 3.05) is 52.6 Å². The van der Waals surface area contributed by atoms with Crippen molar-refractivity contribution in [1.29, 1.82) is 0 Å². The van der Waals surface area contributed by atoms with E-state index in [0.717, 1.165) is 0 Å². The van der Waals surface area contributed by atoms with Crippen molar-refractivity contribution in [3.05, 3.63) is 58.3 Å². The average Bonchev–Trinajstić information content (AvgIpc) is 2.84. The second-order valence-electron chi connectivity index (χ2n) is 8.04. The number of hydrogen-bond acceptors (Lipinski definition) is 6. The molecule has 176 valence electrons. The maximum atomic E-state index is 13.1. The van der Waals surface area contributed by atoms with Gasteiger partial charge in [-0.15, -0.1) is 0 Å². The molecule has 33 heavy (non-hydrogen) atoms. The van der Waals surface area contributed by atoms with Crippen LogP contribution in [0.15, 0.2) is 42.6 Å². The Morgan fingerprint density at radius 3 is 2.55 bits per heavy atom. The van der Waals surface area contributed by atoms with Gasteiger partial charge in [-0.2, -0.15) is 0 Å². The summed E-state index contributed by atoms with van der Waals surface area (Å²) in [6.45, 7) is 3.00. The first-order chi connectivity index (χ1) is 15.9. The molecule has 2 aliphatic heterocycles. The van der Waals surface area contributed by atoms with Gasteiger partial charge in [-0.3, -0.25) is 9.59 Å². The standard InChI is InChI=1S/C23H25Cl2N3O5/c24-17-2-1-3-19(12-17)32-16-23(13-21(29)27-6-9-31-10-7-27)15-28(8-11-33-23)22(30)20-5-4-18(25)14-26-20/h1-5,12,14H,6-11,13,15-16H2. The number of amides is 2. The number of rotatable bonds is 6. The van der Waals surface area contributed by atoms with Crippen molar-refractivity contribution >= 4 is 35.0 Å². The fourth-order valence-electron chi connectivity index (χ4n) is 3.90. The maximum Gasteiger partial charge on any atom is 0.272 e. The second-order valence-corrected chi connectivity index (χ2v) is 8.91. The highest BCUT2D eigenvalue weighted by molar-refractivity contribution is 6.30. The van der Waals surface area contributed by atoms with Gasteiger partial charge in [0.25, 0.3) is 5.91 Å². The number of pyridine rings is 1. The van der Waals surface area contributed by atoms with E-state index in [1.165, 1.54) is 6.20 Å². The summed E-state index contributed by atoms with van der Waals surface area (Å²) in [5, 5.41) is 0.995. The first-order valence-electron chi connectivity index (χ1n) is 10.7. The van der Waals surface area contributed by atoms with Crippen LogP contribution in [0.4, 0.5) is 0 Å². The number of nitrogens with zero attached hydrogens (tertiary/aromatic N) is 3. The van der Waals surface area contributed by atoms with Gasteiger partial charge in [0.2, 0.25) is 5.91 Å². The molecule has 2 amide bonds. The number of hydrogen-bond donors (Lipinski definition) is 0. The fraction of sp³-hybridized carbons (Fsp3) is 0.435. The SMILES string of the molecule is O=C(CC1(COc2cccc(Cl)c2)CN(C(=O)c2ccc(Cl)cn2)CCO1)N1CCOCC1. The van der Waals surface area contributed by atoms with E-state index in [0.29, 0.717) is 48.6 Å². The maximum absolute atomic E-state index is 13.1. The van der Waals surface area contributed by atoms with E-state index in [1.54, 1.807) is 46.2 Å². The molecule has 0 N–H and O–H groups in total. The third-order valence-electron chi connectivity index (χ3n) is 5.62. The Labute approximate surface area is 202 Å². The van der Waals surface area contributed by atoms with E-state index in [9.17, 15) is 9.59 Å². The summed E-state index contributed by atoms with van der Waals surface area (Å²) in [4.78, 5) is 33.7. The van der Waals surface area contributed by atoms with Gasteiger partial charge in [0, 0.05) is 30.9 Å². The van der Waals surface area contributed by atoms with Gasteiger partial charge in [0.15, 0.2) is 0 Å². The van der Waals surface area contributed by atoms with Gasteiger partial charge in [-0.25, -0.2) is 4.98 Å². The lowest BCUT2D eigenvalue weighted by atomic mass is 9.96. The van der Waals surface area contributed by atoms with E-state index in [4.69, 9.17) is 37.4 Å². The smallest absolute Gasteiger partial charge is 0.272 e. The molecule has 10 heteroatoms. The topological polar surface area (TPSA) is 81.2 Å². The fourth-order valence-corrected chi connectivity index (χ4v) is 4.19. The summed E-state index contributed by atoms with van der Waals surface area (Å²) < 4.78 is 17.5. The minimum atomic E-state index is -1.02. The van der Waals surface area contributed by atoms with E-state index < -0.39 is 5.60 Å². The van der Waals surface area contributed by atoms with Crippen LogP contribution in [0.25, 0.3) is 0 Å². The van der Waals surface area contributed by atoms with Crippen LogP contribution in [-0.2, 0) is 14.3 Å². The highest BCUT2D eigenvalue weighted by Gasteiger charge is 2.42. The molecule has 0 aliphatic carbocycles. The summed E-state index contributed by atoms with van der Waals surface area (Å²) >= 11 is 12.0. The number of carbonyl (C=O) groups is 2. The molecule has 0 saturated carbocycles. The molecule has 2 aromatic rings. The molecule has 0 spiro atoms. The molecule has 4 rings (SSSR count). The van der Waals surface area contributed by atoms with E-state index in [-0.39, 0.29) is 43.7 Å². The first-order valence-corrected chi connectivity index (χ1v) is 11.5. The van der Waals surface area contributed by atoms with Crippen molar-refractivity contribution in [1.82, 2.24) is 14.8 Å². The van der Waals surface area contributed by atoms with Gasteiger partial charge in [-0.1, -0.05) is 29.3 Å². The molecule has 1 aromatic carbocycles. The van der Waals surface area contributed by atoms with E-state index in [1.807, 2.05) is 0 Å². The lowest BCUT2D eigenvalue weighted by Gasteiger charge is -2.43. The largest absolute Gasteiger partial charge is 0.490 e. The average molecular weight is 494 g/mol. The van der Waals surface area contributed by atoms with Gasteiger partial charge in [-0.05, 0) is 30.3 Å². The van der Waals surface area contributed by atoms with Crippen LogP contribution in [0.2, 0.25) is 10.0 Å². The number of ether oxygens (including phenoxy) is 3. The molecule has 1 aromatic heterocycles. The van der Waals surface area contributed by atoms with Crippen molar-refractivity contribution in [2.45, 2.75) is 12.0 Å². The Morgan fingerprint density at radius 1 is 1.03 bits per heavy atom. The van der Waals surface area contributed by atoms with Crippen molar-refractivity contribution < 1.29 is 23.8 Å². The molecule has 1 atom stereocenters. The minimum absolute atomic E-state index is 0.0630. The Balaban J connectivity index is 1.53. The third kappa shape index (κ3) is 6.14. The van der Waals surface area contributed by atoms with E-state index >= 15 is 0 Å². The number of aromatic nitrogens is 1. The number of carbonyl (C=O) groups excluding carboxylic acids is 2. The lowest BCUT2D eigenvalue weighted by molar-refractivity contribution is -0.155. The molecular weight excluding hydrogens is 469 g/mol. The predicted molar refractivity (Wildman–Crippen MR) is 123 cm³/mol. The summed E-state index contributed by atoms with van der Waals surface area (Å²) in [5.74, 6) is 0.250. The lowest BCUT2D eigenvalue weighted by Crippen LogP contribution is -2.58. The van der Waals surface area contributed by atoms with Crippen LogP contribution in [0.5, 0.6) is 5.75 Å². The van der Waals surface area contributed by atoms with Crippen LogP contribution >= 0.6 is 23.2 Å². The highest BCUT2D eigenvalue weighted by Crippen LogP contribution is 2.27. The van der Waals surface area contributed by atoms with Gasteiger partial charge < -0.3 is 24.0 Å². The Bertz CT molecular complexity index is 984. The van der Waals surface area contributed by atoms with Crippen molar-refractivity contribution in [2.24, 2.45) is 0 Å². The summed E-state index contributed by atoms with van der Waals surface area (Å²) in [7, 11) is 0. The molecule has 8 nitrogen and oxygen atoms in total. The third-order valence-corrected chi connectivity index (χ3v) is 6.08. The zero-order chi connectivity index (χ0) is 23.3. The van der Waals surface area contributed by atoms with Crippen LogP contribution in [0.3, 0.4) is 0 Å². The molecule has 3 heterocycles. The molecular formula is C23H25Cl2N3O5. The molecule has 2 fully saturated rings. The molecule has 1 unspecified atom stereocenters. The normalized spacial score (nSPS) is 21.0. The summed E-state index contributed by atoms with van der Waals surface area (Å²) in [5.41, 5.74) is -0.733. The van der Waals surface area contributed by atoms with Gasteiger partial charge in [0.1, 0.15) is 23.7 Å². The van der Waals surface area contributed by atoms with Crippen LogP contribution in [-0.4, -0.2) is 84.8 Å². The summed E-state index contributed by atoms with van der Waals surface area (Å²) in [6, 6.07) is 10.2. The zero-order valence-corrected chi connectivity index (χ0v) is 19.6. The Hall–Kier alpha value is -2.39. The Kier molecular flexibility index (Phi) is 7.70. The quantitative estimate of drug-likeness (QED) is 0.615. The second kappa shape index (κ2) is 10.7. The van der Waals surface area contributed by atoms with Gasteiger partial charge in [0.05, 0.1) is 37.8 Å². The number of halogens is 2. The predicted octanol–water partition coefficient (Wildman–Crippen LogP) is 2.93. The monoisotopic (exact) mass is 493 g/mol. The zero-order valence-electron chi connectivity index (χ0n) is 18.0. The highest BCUT2D eigenvalue weighted by atomic mass is 35.5. The van der Waals surface area contributed by atoms with Crippen LogP contribution in [0.1, 0.15) is 16.9 Å². The molecule has 0 radical (unpaired) electrons. The van der Waals surface area contributed by atoms with Crippen LogP contribution in [0, 0.1) is 0 Å². The van der Waals surface area contributed by atoms with Crippen molar-refractivity contribution in [3.8, 4) is 5.75 Å². The molecule has 2 aliphatic rings. The van der Waals surface area contributed by atoms with Crippen LogP contribution < -0.4 is 4.74 Å². The number of benzene rings is 1. The molecule has 2 saturated heterocycles. The minimum Gasteiger partial charge on any atom is -0.490 e. The van der Waals surface area contributed by atoms with Gasteiger partial charge >= 0.3 is 0 Å². The first kappa shape index (κ1) is 23.8. The Morgan fingerprint density at radius 2 is 1.82 bits per heavy atom. The summed E-state index contributed by atoms with van der Waals surface area (Å²) in [6.07, 6.45) is 1.51. The van der Waals surface area contributed by atoms with E-state index in [2.05, 4.69) is 4.98 Å². The van der Waals surface area contributed by atoms with Crippen molar-refractivity contribution in [3.63, 3.8) is 0 Å².